The molecule has 5 heteroatoms. The summed E-state index contributed by atoms with van der Waals surface area (Å²) >= 11 is 0. The van der Waals surface area contributed by atoms with Gasteiger partial charge in [0.1, 0.15) is 5.75 Å². The van der Waals surface area contributed by atoms with Crippen molar-refractivity contribution in [1.29, 1.82) is 0 Å². The predicted octanol–water partition coefficient (Wildman–Crippen LogP) is 2.75. The largest absolute Gasteiger partial charge is 0.494 e. The maximum atomic E-state index is 5.82. The molecular formula is C19H34ClN3O. The Balaban J connectivity index is 0.00000288. The normalized spacial score (nSPS) is 16.2. The van der Waals surface area contributed by atoms with Crippen LogP contribution in [0.3, 0.4) is 0 Å². The van der Waals surface area contributed by atoms with E-state index >= 15 is 0 Å². The molecular weight excluding hydrogens is 322 g/mol. The van der Waals surface area contributed by atoms with Crippen LogP contribution >= 0.6 is 12.4 Å². The van der Waals surface area contributed by atoms with Gasteiger partial charge in [0.2, 0.25) is 0 Å². The molecule has 0 amide bonds. The van der Waals surface area contributed by atoms with Crippen LogP contribution in [0.4, 0.5) is 0 Å². The molecule has 1 aromatic rings. The van der Waals surface area contributed by atoms with Gasteiger partial charge in [-0.3, -0.25) is 0 Å². The number of aryl methyl sites for hydroxylation is 1. The van der Waals surface area contributed by atoms with Gasteiger partial charge < -0.3 is 19.4 Å². The first-order valence-electron chi connectivity index (χ1n) is 8.88. The van der Waals surface area contributed by atoms with Crippen molar-refractivity contribution in [1.82, 2.24) is 14.7 Å². The molecule has 0 atom stereocenters. The highest BCUT2D eigenvalue weighted by Crippen LogP contribution is 2.22. The van der Waals surface area contributed by atoms with E-state index in [0.717, 1.165) is 25.3 Å². The van der Waals surface area contributed by atoms with Crippen molar-refractivity contribution in [3.05, 3.63) is 29.3 Å². The molecule has 0 saturated carbocycles. The van der Waals surface area contributed by atoms with Crippen molar-refractivity contribution in [3.8, 4) is 5.75 Å². The average molecular weight is 356 g/mol. The molecule has 1 fully saturated rings. The molecule has 0 bridgehead atoms. The lowest BCUT2D eigenvalue weighted by molar-refractivity contribution is 0.153. The van der Waals surface area contributed by atoms with E-state index in [1.165, 1.54) is 50.3 Å². The zero-order chi connectivity index (χ0) is 16.7. The van der Waals surface area contributed by atoms with E-state index in [9.17, 15) is 0 Å². The van der Waals surface area contributed by atoms with Crippen molar-refractivity contribution in [3.63, 3.8) is 0 Å². The number of hydrogen-bond donors (Lipinski definition) is 0. The van der Waals surface area contributed by atoms with E-state index < -0.39 is 0 Å². The molecule has 1 aliphatic heterocycles. The predicted molar refractivity (Wildman–Crippen MR) is 105 cm³/mol. The molecule has 1 heterocycles. The van der Waals surface area contributed by atoms with Crippen LogP contribution < -0.4 is 4.74 Å². The molecule has 0 aliphatic carbocycles. The van der Waals surface area contributed by atoms with Gasteiger partial charge in [-0.05, 0) is 64.6 Å². The minimum Gasteiger partial charge on any atom is -0.494 e. The second kappa shape index (κ2) is 10.9. The summed E-state index contributed by atoms with van der Waals surface area (Å²) in [7, 11) is 6.44. The van der Waals surface area contributed by atoms with E-state index in [1.807, 2.05) is 0 Å². The van der Waals surface area contributed by atoms with Gasteiger partial charge in [-0.15, -0.1) is 12.4 Å². The number of piperazine rings is 1. The Morgan fingerprint density at radius 1 is 1.12 bits per heavy atom. The first-order valence-corrected chi connectivity index (χ1v) is 8.88. The van der Waals surface area contributed by atoms with Crippen LogP contribution in [0.25, 0.3) is 0 Å². The fraction of sp³-hybridized carbons (Fsp3) is 0.684. The topological polar surface area (TPSA) is 19.0 Å². The number of nitrogens with zero attached hydrogens (tertiary/aromatic N) is 3. The van der Waals surface area contributed by atoms with Crippen LogP contribution in [0.5, 0.6) is 5.75 Å². The molecule has 1 aliphatic rings. The molecule has 1 saturated heterocycles. The summed E-state index contributed by atoms with van der Waals surface area (Å²) in [5.41, 5.74) is 2.73. The first kappa shape index (κ1) is 21.2. The van der Waals surface area contributed by atoms with Gasteiger partial charge in [-0.1, -0.05) is 12.1 Å². The standard InChI is InChI=1S/C19H33N3O.ClH/c1-5-23-19-9-8-17(16-20(2)3)15-18(19)7-6-10-22-13-11-21(4)12-14-22;/h8-9,15H,5-7,10-14,16H2,1-4H3;1H. The number of hydrogen-bond acceptors (Lipinski definition) is 4. The zero-order valence-electron chi connectivity index (χ0n) is 15.8. The lowest BCUT2D eigenvalue weighted by Gasteiger charge is -2.32. The van der Waals surface area contributed by atoms with E-state index in [-0.39, 0.29) is 12.4 Å². The molecule has 0 aromatic heterocycles. The van der Waals surface area contributed by atoms with Gasteiger partial charge in [0, 0.05) is 32.7 Å². The third kappa shape index (κ3) is 6.98. The Morgan fingerprint density at radius 3 is 2.46 bits per heavy atom. The molecule has 0 N–H and O–H groups in total. The summed E-state index contributed by atoms with van der Waals surface area (Å²) in [6.45, 7) is 9.77. The van der Waals surface area contributed by atoms with Gasteiger partial charge in [0.05, 0.1) is 6.61 Å². The summed E-state index contributed by atoms with van der Waals surface area (Å²) in [4.78, 5) is 7.21. The first-order chi connectivity index (χ1) is 11.1. The number of halogens is 1. The third-order valence-electron chi connectivity index (χ3n) is 4.44. The van der Waals surface area contributed by atoms with Crippen molar-refractivity contribution >= 4 is 12.4 Å². The summed E-state index contributed by atoms with van der Waals surface area (Å²) in [6.07, 6.45) is 2.30. The van der Waals surface area contributed by atoms with Gasteiger partial charge in [0.15, 0.2) is 0 Å². The molecule has 0 radical (unpaired) electrons. The number of benzene rings is 1. The minimum absolute atomic E-state index is 0. The van der Waals surface area contributed by atoms with Crippen molar-refractivity contribution in [2.45, 2.75) is 26.3 Å². The second-order valence-corrected chi connectivity index (χ2v) is 6.86. The Kier molecular flexibility index (Phi) is 9.67. The smallest absolute Gasteiger partial charge is 0.122 e. The molecule has 4 nitrogen and oxygen atoms in total. The number of ether oxygens (including phenoxy) is 1. The van der Waals surface area contributed by atoms with Crippen molar-refractivity contribution in [2.24, 2.45) is 0 Å². The number of rotatable bonds is 8. The van der Waals surface area contributed by atoms with E-state index in [0.29, 0.717) is 0 Å². The fourth-order valence-corrected chi connectivity index (χ4v) is 3.15. The van der Waals surface area contributed by atoms with E-state index in [1.54, 1.807) is 0 Å². The highest BCUT2D eigenvalue weighted by molar-refractivity contribution is 5.85. The zero-order valence-corrected chi connectivity index (χ0v) is 16.6. The summed E-state index contributed by atoms with van der Waals surface area (Å²) in [6, 6.07) is 6.66. The number of likely N-dealkylation sites (N-methyl/N-ethyl adjacent to an activating group) is 1. The van der Waals surface area contributed by atoms with Gasteiger partial charge in [0.25, 0.3) is 0 Å². The summed E-state index contributed by atoms with van der Waals surface area (Å²) < 4.78 is 5.82. The maximum Gasteiger partial charge on any atom is 0.122 e. The Bertz CT molecular complexity index is 474. The molecule has 2 rings (SSSR count). The maximum absolute atomic E-state index is 5.82. The molecule has 24 heavy (non-hydrogen) atoms. The monoisotopic (exact) mass is 355 g/mol. The second-order valence-electron chi connectivity index (χ2n) is 6.86. The van der Waals surface area contributed by atoms with Crippen LogP contribution in [0.15, 0.2) is 18.2 Å². The van der Waals surface area contributed by atoms with Crippen LogP contribution in [-0.2, 0) is 13.0 Å². The highest BCUT2D eigenvalue weighted by atomic mass is 35.5. The van der Waals surface area contributed by atoms with E-state index in [2.05, 4.69) is 61.0 Å². The molecule has 1 aromatic carbocycles. The Labute approximate surface area is 154 Å². The summed E-state index contributed by atoms with van der Waals surface area (Å²) in [5.74, 6) is 1.06. The molecule has 0 unspecified atom stereocenters. The Hall–Kier alpha value is -0.810. The van der Waals surface area contributed by atoms with Crippen molar-refractivity contribution in [2.75, 3.05) is 60.5 Å². The lowest BCUT2D eigenvalue weighted by Crippen LogP contribution is -2.44. The fourth-order valence-electron chi connectivity index (χ4n) is 3.15. The Morgan fingerprint density at radius 2 is 1.83 bits per heavy atom. The quantitative estimate of drug-likeness (QED) is 0.713. The van der Waals surface area contributed by atoms with E-state index in [4.69, 9.17) is 4.74 Å². The molecule has 138 valence electrons. The van der Waals surface area contributed by atoms with Crippen LogP contribution in [0, 0.1) is 0 Å². The SMILES string of the molecule is CCOc1ccc(CN(C)C)cc1CCCN1CCN(C)CC1.Cl. The van der Waals surface area contributed by atoms with Gasteiger partial charge in [-0.2, -0.15) is 0 Å². The van der Waals surface area contributed by atoms with Gasteiger partial charge >= 0.3 is 0 Å². The van der Waals surface area contributed by atoms with Crippen LogP contribution in [0.2, 0.25) is 0 Å². The summed E-state index contributed by atoms with van der Waals surface area (Å²) in [5, 5.41) is 0. The third-order valence-corrected chi connectivity index (χ3v) is 4.44. The van der Waals surface area contributed by atoms with Gasteiger partial charge in [-0.25, -0.2) is 0 Å². The average Bonchev–Trinajstić information content (AvgIpc) is 2.51. The lowest BCUT2D eigenvalue weighted by atomic mass is 10.0. The highest BCUT2D eigenvalue weighted by Gasteiger charge is 2.13. The van der Waals surface area contributed by atoms with Crippen LogP contribution in [0.1, 0.15) is 24.5 Å². The molecule has 0 spiro atoms. The van der Waals surface area contributed by atoms with Crippen LogP contribution in [-0.4, -0.2) is 75.2 Å². The minimum atomic E-state index is 0. The van der Waals surface area contributed by atoms with Crippen molar-refractivity contribution < 1.29 is 4.74 Å².